The summed E-state index contributed by atoms with van der Waals surface area (Å²) in [6.07, 6.45) is 2.88. The van der Waals surface area contributed by atoms with E-state index in [0.717, 1.165) is 42.9 Å². The second-order valence-electron chi connectivity index (χ2n) is 7.01. The smallest absolute Gasteiger partial charge is 0.233 e. The van der Waals surface area contributed by atoms with E-state index in [1.807, 2.05) is 48.5 Å². The van der Waals surface area contributed by atoms with Crippen LogP contribution in [-0.2, 0) is 21.2 Å². The molecule has 1 atom stereocenters. The predicted molar refractivity (Wildman–Crippen MR) is 113 cm³/mol. The lowest BCUT2D eigenvalue weighted by Crippen LogP contribution is -2.39. The Morgan fingerprint density at radius 1 is 1.07 bits per heavy atom. The molecule has 7 heteroatoms. The van der Waals surface area contributed by atoms with Crippen LogP contribution in [0.2, 0.25) is 0 Å². The summed E-state index contributed by atoms with van der Waals surface area (Å²) in [6.45, 7) is 1.86. The van der Waals surface area contributed by atoms with Crippen LogP contribution in [-0.4, -0.2) is 47.6 Å². The van der Waals surface area contributed by atoms with Gasteiger partial charge in [0.05, 0.1) is 19.0 Å². The third-order valence-corrected chi connectivity index (χ3v) is 6.32. The van der Waals surface area contributed by atoms with Gasteiger partial charge < -0.3 is 14.4 Å². The van der Waals surface area contributed by atoms with E-state index in [1.165, 1.54) is 0 Å². The molecule has 0 radical (unpaired) electrons. The Morgan fingerprint density at radius 2 is 1.79 bits per heavy atom. The van der Waals surface area contributed by atoms with Crippen LogP contribution in [0.3, 0.4) is 0 Å². The summed E-state index contributed by atoms with van der Waals surface area (Å²) in [5.41, 5.74) is 2.63. The molecule has 2 aromatic rings. The van der Waals surface area contributed by atoms with E-state index in [-0.39, 0.29) is 11.9 Å². The minimum atomic E-state index is -3.41. The van der Waals surface area contributed by atoms with Crippen molar-refractivity contribution in [2.45, 2.75) is 25.4 Å². The maximum Gasteiger partial charge on any atom is 0.233 e. The highest BCUT2D eigenvalue weighted by molar-refractivity contribution is 7.92. The predicted octanol–water partition coefficient (Wildman–Crippen LogP) is 3.29. The summed E-state index contributed by atoms with van der Waals surface area (Å²) in [5, 5.41) is 0. The van der Waals surface area contributed by atoms with E-state index >= 15 is 0 Å². The normalized spacial score (nSPS) is 17.4. The van der Waals surface area contributed by atoms with Gasteiger partial charge >= 0.3 is 0 Å². The molecule has 28 heavy (non-hydrogen) atoms. The topological polar surface area (TPSA) is 67.9 Å². The number of benzene rings is 2. The second-order valence-corrected chi connectivity index (χ2v) is 8.85. The summed E-state index contributed by atoms with van der Waals surface area (Å²) < 4.78 is 38.1. The Bertz CT molecular complexity index is 851. The van der Waals surface area contributed by atoms with Crippen LogP contribution in [0.25, 0.3) is 0 Å². The molecule has 1 N–H and O–H groups in total. The van der Waals surface area contributed by atoms with Crippen molar-refractivity contribution in [2.75, 3.05) is 42.7 Å². The third-order valence-electron chi connectivity index (χ3n) is 5.04. The fourth-order valence-corrected chi connectivity index (χ4v) is 4.48. The SMILES string of the molecule is COc1ccc(CCS(=O)(=O)Nc2ccc(N3CCCC(OC)C3)cc2)cc1. The fourth-order valence-electron chi connectivity index (χ4n) is 3.38. The number of piperidine rings is 1. The molecule has 1 unspecified atom stereocenters. The van der Waals surface area contributed by atoms with Gasteiger partial charge in [-0.25, -0.2) is 8.42 Å². The molecule has 0 spiro atoms. The van der Waals surface area contributed by atoms with E-state index < -0.39 is 10.0 Å². The van der Waals surface area contributed by atoms with Crippen molar-refractivity contribution in [3.05, 3.63) is 54.1 Å². The van der Waals surface area contributed by atoms with Gasteiger partial charge in [0.15, 0.2) is 0 Å². The average Bonchev–Trinajstić information content (AvgIpc) is 2.73. The molecule has 2 aromatic carbocycles. The summed E-state index contributed by atoms with van der Waals surface area (Å²) in [6, 6.07) is 15.0. The lowest BCUT2D eigenvalue weighted by Gasteiger charge is -2.33. The Balaban J connectivity index is 1.56. The molecule has 6 nitrogen and oxygen atoms in total. The molecule has 152 valence electrons. The number of nitrogens with one attached hydrogen (secondary N) is 1. The number of hydrogen-bond acceptors (Lipinski definition) is 5. The Hall–Kier alpha value is -2.25. The summed E-state index contributed by atoms with van der Waals surface area (Å²) in [7, 11) is -0.0588. The molecular weight excluding hydrogens is 376 g/mol. The molecule has 1 saturated heterocycles. The van der Waals surface area contributed by atoms with Crippen molar-refractivity contribution in [3.8, 4) is 5.75 Å². The van der Waals surface area contributed by atoms with Crippen molar-refractivity contribution < 1.29 is 17.9 Å². The van der Waals surface area contributed by atoms with Crippen LogP contribution >= 0.6 is 0 Å². The van der Waals surface area contributed by atoms with E-state index in [9.17, 15) is 8.42 Å². The van der Waals surface area contributed by atoms with Gasteiger partial charge in [0, 0.05) is 31.6 Å². The zero-order valence-electron chi connectivity index (χ0n) is 16.4. The van der Waals surface area contributed by atoms with Crippen LogP contribution in [0.4, 0.5) is 11.4 Å². The third kappa shape index (κ3) is 5.62. The Morgan fingerprint density at radius 3 is 2.43 bits per heavy atom. The van der Waals surface area contributed by atoms with Crippen molar-refractivity contribution in [1.82, 2.24) is 0 Å². The lowest BCUT2D eigenvalue weighted by molar-refractivity contribution is 0.0893. The van der Waals surface area contributed by atoms with Crippen molar-refractivity contribution in [1.29, 1.82) is 0 Å². The van der Waals surface area contributed by atoms with E-state index in [0.29, 0.717) is 12.1 Å². The van der Waals surface area contributed by atoms with Crippen molar-refractivity contribution >= 4 is 21.4 Å². The molecule has 3 rings (SSSR count). The highest BCUT2D eigenvalue weighted by atomic mass is 32.2. The minimum absolute atomic E-state index is 0.0305. The summed E-state index contributed by atoms with van der Waals surface area (Å²) in [5.74, 6) is 0.790. The van der Waals surface area contributed by atoms with Crippen LogP contribution in [0, 0.1) is 0 Å². The van der Waals surface area contributed by atoms with Gasteiger partial charge in [0.2, 0.25) is 10.0 Å². The highest BCUT2D eigenvalue weighted by Gasteiger charge is 2.19. The first-order chi connectivity index (χ1) is 13.5. The number of hydrogen-bond donors (Lipinski definition) is 1. The first-order valence-electron chi connectivity index (χ1n) is 9.50. The van der Waals surface area contributed by atoms with Crippen LogP contribution < -0.4 is 14.4 Å². The zero-order chi connectivity index (χ0) is 20.0. The van der Waals surface area contributed by atoms with Crippen molar-refractivity contribution in [2.24, 2.45) is 0 Å². The standard InChI is InChI=1S/C21H28N2O4S/c1-26-20-11-5-17(6-12-20)13-15-28(24,25)22-18-7-9-19(10-8-18)23-14-3-4-21(16-23)27-2/h5-12,21-22H,3-4,13-16H2,1-2H3. The number of sulfonamides is 1. The van der Waals surface area contributed by atoms with Crippen LogP contribution in [0.15, 0.2) is 48.5 Å². The molecule has 1 aliphatic heterocycles. The molecule has 0 aliphatic carbocycles. The maximum atomic E-state index is 12.4. The van der Waals surface area contributed by atoms with Crippen LogP contribution in [0.5, 0.6) is 5.75 Å². The number of nitrogens with zero attached hydrogens (tertiary/aromatic N) is 1. The number of methoxy groups -OCH3 is 2. The molecule has 0 aromatic heterocycles. The number of ether oxygens (including phenoxy) is 2. The molecular formula is C21H28N2O4S. The lowest BCUT2D eigenvalue weighted by atomic mass is 10.1. The highest BCUT2D eigenvalue weighted by Crippen LogP contribution is 2.23. The first-order valence-corrected chi connectivity index (χ1v) is 11.2. The van der Waals surface area contributed by atoms with Crippen molar-refractivity contribution in [3.63, 3.8) is 0 Å². The van der Waals surface area contributed by atoms with E-state index in [2.05, 4.69) is 9.62 Å². The molecule has 1 aliphatic rings. The van der Waals surface area contributed by atoms with Gasteiger partial charge in [0.1, 0.15) is 5.75 Å². The zero-order valence-corrected chi connectivity index (χ0v) is 17.2. The molecule has 1 heterocycles. The first kappa shape index (κ1) is 20.5. The Kier molecular flexibility index (Phi) is 6.80. The van der Waals surface area contributed by atoms with E-state index in [1.54, 1.807) is 14.2 Å². The van der Waals surface area contributed by atoms with Gasteiger partial charge in [-0.15, -0.1) is 0 Å². The van der Waals surface area contributed by atoms with Gasteiger partial charge in [-0.2, -0.15) is 0 Å². The van der Waals surface area contributed by atoms with E-state index in [4.69, 9.17) is 9.47 Å². The van der Waals surface area contributed by atoms with Crippen LogP contribution in [0.1, 0.15) is 18.4 Å². The van der Waals surface area contributed by atoms with Gasteiger partial charge in [0.25, 0.3) is 0 Å². The molecule has 1 fully saturated rings. The second kappa shape index (κ2) is 9.30. The quantitative estimate of drug-likeness (QED) is 0.731. The minimum Gasteiger partial charge on any atom is -0.497 e. The van der Waals surface area contributed by atoms with Gasteiger partial charge in [-0.1, -0.05) is 12.1 Å². The van der Waals surface area contributed by atoms with Gasteiger partial charge in [-0.05, 0) is 61.2 Å². The Labute approximate surface area is 167 Å². The summed E-state index contributed by atoms with van der Waals surface area (Å²) in [4.78, 5) is 2.28. The summed E-state index contributed by atoms with van der Waals surface area (Å²) >= 11 is 0. The number of anilines is 2. The fraction of sp³-hybridized carbons (Fsp3) is 0.429. The van der Waals surface area contributed by atoms with Gasteiger partial charge in [-0.3, -0.25) is 4.72 Å². The monoisotopic (exact) mass is 404 g/mol. The average molecular weight is 405 g/mol. The molecule has 0 bridgehead atoms. The number of aryl methyl sites for hydroxylation is 1. The molecule has 0 saturated carbocycles. The maximum absolute atomic E-state index is 12.4. The molecule has 0 amide bonds. The largest absolute Gasteiger partial charge is 0.497 e. The number of rotatable bonds is 8.